The number of likely N-dealkylation sites (N-methyl/N-ethyl adjacent to an activating group) is 1. The maximum atomic E-state index is 12.2. The molecule has 2 rings (SSSR count). The fraction of sp³-hybridized carbons (Fsp3) is 0.350. The van der Waals surface area contributed by atoms with E-state index in [1.165, 1.54) is 5.56 Å². The van der Waals surface area contributed by atoms with Crippen molar-refractivity contribution in [3.05, 3.63) is 71.8 Å². The van der Waals surface area contributed by atoms with Crippen molar-refractivity contribution in [1.29, 1.82) is 0 Å². The summed E-state index contributed by atoms with van der Waals surface area (Å²) in [6, 6.07) is 19.7. The van der Waals surface area contributed by atoms with Crippen molar-refractivity contribution in [3.8, 4) is 0 Å². The van der Waals surface area contributed by atoms with Crippen molar-refractivity contribution in [3.63, 3.8) is 0 Å². The number of carbonyl (C=O) groups excluding carboxylic acids is 1. The number of amides is 1. The smallest absolute Gasteiger partial charge is 0.237 e. The molecular formula is C20H27N3O. The van der Waals surface area contributed by atoms with Gasteiger partial charge in [0.2, 0.25) is 5.91 Å². The molecule has 0 bridgehead atoms. The summed E-state index contributed by atoms with van der Waals surface area (Å²) in [5.41, 5.74) is 8.37. The molecule has 3 N–H and O–H groups in total. The summed E-state index contributed by atoms with van der Waals surface area (Å²) in [6.07, 6.45) is 0.555. The first-order valence-electron chi connectivity index (χ1n) is 8.37. The van der Waals surface area contributed by atoms with Crippen molar-refractivity contribution in [2.24, 2.45) is 5.73 Å². The van der Waals surface area contributed by atoms with Gasteiger partial charge in [-0.25, -0.2) is 0 Å². The lowest BCUT2D eigenvalue weighted by molar-refractivity contribution is -0.123. The average Bonchev–Trinajstić information content (AvgIpc) is 2.56. The van der Waals surface area contributed by atoms with E-state index in [9.17, 15) is 4.79 Å². The molecule has 0 fully saturated rings. The first-order chi connectivity index (χ1) is 11.5. The maximum Gasteiger partial charge on any atom is 0.237 e. The summed E-state index contributed by atoms with van der Waals surface area (Å²) in [7, 11) is 2.06. The molecule has 2 aromatic rings. The van der Waals surface area contributed by atoms with Crippen LogP contribution in [0.2, 0.25) is 0 Å². The van der Waals surface area contributed by atoms with Gasteiger partial charge in [0.05, 0.1) is 6.04 Å². The van der Waals surface area contributed by atoms with Gasteiger partial charge in [-0.3, -0.25) is 4.79 Å². The summed E-state index contributed by atoms with van der Waals surface area (Å²) >= 11 is 0. The summed E-state index contributed by atoms with van der Waals surface area (Å²) in [6.45, 7) is 3.64. The van der Waals surface area contributed by atoms with Gasteiger partial charge >= 0.3 is 0 Å². The molecule has 0 aliphatic carbocycles. The zero-order valence-corrected chi connectivity index (χ0v) is 14.5. The largest absolute Gasteiger partial charge is 0.351 e. The Morgan fingerprint density at radius 3 is 2.17 bits per heavy atom. The lowest BCUT2D eigenvalue weighted by Crippen LogP contribution is -2.48. The van der Waals surface area contributed by atoms with Gasteiger partial charge in [-0.05, 0) is 31.5 Å². The highest BCUT2D eigenvalue weighted by atomic mass is 16.2. The second-order valence-corrected chi connectivity index (χ2v) is 6.39. The predicted octanol–water partition coefficient (Wildman–Crippen LogP) is 2.19. The third-order valence-electron chi connectivity index (χ3n) is 3.90. The van der Waals surface area contributed by atoms with Crippen LogP contribution in [-0.2, 0) is 17.8 Å². The van der Waals surface area contributed by atoms with Gasteiger partial charge in [0.1, 0.15) is 0 Å². The monoisotopic (exact) mass is 325 g/mol. The van der Waals surface area contributed by atoms with Gasteiger partial charge in [-0.15, -0.1) is 0 Å². The van der Waals surface area contributed by atoms with E-state index in [-0.39, 0.29) is 11.9 Å². The van der Waals surface area contributed by atoms with Gasteiger partial charge < -0.3 is 16.0 Å². The van der Waals surface area contributed by atoms with Gasteiger partial charge in [-0.1, -0.05) is 60.7 Å². The van der Waals surface area contributed by atoms with Crippen LogP contribution >= 0.6 is 0 Å². The van der Waals surface area contributed by atoms with Crippen LogP contribution in [0, 0.1) is 0 Å². The normalized spacial score (nSPS) is 13.5. The molecule has 2 aromatic carbocycles. The summed E-state index contributed by atoms with van der Waals surface area (Å²) in [5, 5.41) is 3.01. The Kier molecular flexibility index (Phi) is 6.97. The third kappa shape index (κ3) is 6.14. The van der Waals surface area contributed by atoms with Crippen LogP contribution in [0.5, 0.6) is 0 Å². The van der Waals surface area contributed by atoms with E-state index in [1.54, 1.807) is 0 Å². The van der Waals surface area contributed by atoms with Crippen molar-refractivity contribution in [1.82, 2.24) is 10.2 Å². The molecule has 0 saturated heterocycles. The van der Waals surface area contributed by atoms with Gasteiger partial charge in [0.15, 0.2) is 0 Å². The number of nitrogens with one attached hydrogen (secondary N) is 1. The van der Waals surface area contributed by atoms with Crippen molar-refractivity contribution in [2.45, 2.75) is 32.0 Å². The molecule has 4 heteroatoms. The summed E-state index contributed by atoms with van der Waals surface area (Å²) < 4.78 is 0. The highest BCUT2D eigenvalue weighted by molar-refractivity contribution is 5.82. The molecule has 24 heavy (non-hydrogen) atoms. The molecule has 1 amide bonds. The summed E-state index contributed by atoms with van der Waals surface area (Å²) in [5.74, 6) is -0.0977. The number of hydrogen-bond acceptors (Lipinski definition) is 3. The number of nitrogens with two attached hydrogens (primary N) is 1. The minimum absolute atomic E-state index is 0.0491. The standard InChI is InChI=1S/C20H27N3O/c1-16(14-23(2)15-18-11-7-4-8-12-18)22-20(24)19(21)13-17-9-5-3-6-10-17/h3-12,16,19H,13-15,21H2,1-2H3,(H,22,24)/t16?,19-/m0/s1. The summed E-state index contributed by atoms with van der Waals surface area (Å²) in [4.78, 5) is 14.4. The fourth-order valence-electron chi connectivity index (χ4n) is 2.78. The minimum atomic E-state index is -0.519. The van der Waals surface area contributed by atoms with Crippen LogP contribution in [0.15, 0.2) is 60.7 Å². The number of carbonyl (C=O) groups is 1. The molecule has 0 spiro atoms. The molecule has 128 valence electrons. The molecule has 0 aromatic heterocycles. The molecule has 4 nitrogen and oxygen atoms in total. The topological polar surface area (TPSA) is 58.4 Å². The van der Waals surface area contributed by atoms with Crippen LogP contribution in [-0.4, -0.2) is 36.5 Å². The highest BCUT2D eigenvalue weighted by Gasteiger charge is 2.17. The van der Waals surface area contributed by atoms with Crippen molar-refractivity contribution < 1.29 is 4.79 Å². The fourth-order valence-corrected chi connectivity index (χ4v) is 2.78. The zero-order chi connectivity index (χ0) is 17.4. The van der Waals surface area contributed by atoms with Crippen LogP contribution in [0.1, 0.15) is 18.1 Å². The molecular weight excluding hydrogens is 298 g/mol. The zero-order valence-electron chi connectivity index (χ0n) is 14.5. The van der Waals surface area contributed by atoms with Crippen LogP contribution in [0.3, 0.4) is 0 Å². The Morgan fingerprint density at radius 2 is 1.58 bits per heavy atom. The molecule has 0 saturated carbocycles. The molecule has 0 aliphatic heterocycles. The molecule has 2 atom stereocenters. The lowest BCUT2D eigenvalue weighted by Gasteiger charge is -2.23. The Morgan fingerprint density at radius 1 is 1.04 bits per heavy atom. The predicted molar refractivity (Wildman–Crippen MR) is 98.5 cm³/mol. The van der Waals surface area contributed by atoms with Crippen molar-refractivity contribution >= 4 is 5.91 Å². The minimum Gasteiger partial charge on any atom is -0.351 e. The lowest BCUT2D eigenvalue weighted by atomic mass is 10.1. The molecule has 1 unspecified atom stereocenters. The van der Waals surface area contributed by atoms with E-state index in [4.69, 9.17) is 5.73 Å². The van der Waals surface area contributed by atoms with E-state index in [0.29, 0.717) is 6.42 Å². The van der Waals surface area contributed by atoms with E-state index < -0.39 is 6.04 Å². The van der Waals surface area contributed by atoms with Crippen LogP contribution < -0.4 is 11.1 Å². The van der Waals surface area contributed by atoms with Gasteiger partial charge in [0, 0.05) is 19.1 Å². The second-order valence-electron chi connectivity index (χ2n) is 6.39. The molecule has 0 aliphatic rings. The highest BCUT2D eigenvalue weighted by Crippen LogP contribution is 2.04. The molecule has 0 radical (unpaired) electrons. The number of nitrogens with zero attached hydrogens (tertiary/aromatic N) is 1. The third-order valence-corrected chi connectivity index (χ3v) is 3.90. The maximum absolute atomic E-state index is 12.2. The number of benzene rings is 2. The van der Waals surface area contributed by atoms with Gasteiger partial charge in [-0.2, -0.15) is 0 Å². The Labute approximate surface area is 144 Å². The quantitative estimate of drug-likeness (QED) is 0.782. The van der Waals surface area contributed by atoms with E-state index in [2.05, 4.69) is 29.4 Å². The van der Waals surface area contributed by atoms with Crippen LogP contribution in [0.25, 0.3) is 0 Å². The second kappa shape index (κ2) is 9.21. The van der Waals surface area contributed by atoms with Gasteiger partial charge in [0.25, 0.3) is 0 Å². The first kappa shape index (κ1) is 18.2. The Bertz CT molecular complexity index is 615. The molecule has 0 heterocycles. The van der Waals surface area contributed by atoms with E-state index in [0.717, 1.165) is 18.7 Å². The van der Waals surface area contributed by atoms with E-state index >= 15 is 0 Å². The Balaban J connectivity index is 1.76. The number of rotatable bonds is 8. The number of hydrogen-bond donors (Lipinski definition) is 2. The average molecular weight is 325 g/mol. The SMILES string of the molecule is CC(CN(C)Cc1ccccc1)NC(=O)[C@@H](N)Cc1ccccc1. The van der Waals surface area contributed by atoms with E-state index in [1.807, 2.05) is 55.5 Å². The first-order valence-corrected chi connectivity index (χ1v) is 8.37. The van der Waals surface area contributed by atoms with Crippen molar-refractivity contribution in [2.75, 3.05) is 13.6 Å². The Hall–Kier alpha value is -2.17. The van der Waals surface area contributed by atoms with Crippen LogP contribution in [0.4, 0.5) is 0 Å².